The van der Waals surface area contributed by atoms with Crippen molar-refractivity contribution in [1.29, 1.82) is 0 Å². The van der Waals surface area contributed by atoms with Gasteiger partial charge in [0.2, 0.25) is 5.91 Å². The number of carbonyl (C=O) groups excluding carboxylic acids is 3. The summed E-state index contributed by atoms with van der Waals surface area (Å²) in [6.45, 7) is 0.400. The highest BCUT2D eigenvalue weighted by atomic mass is 16.2. The molecule has 0 radical (unpaired) electrons. The van der Waals surface area contributed by atoms with Crippen molar-refractivity contribution in [3.8, 4) is 0 Å². The summed E-state index contributed by atoms with van der Waals surface area (Å²) in [6, 6.07) is 1.29. The van der Waals surface area contributed by atoms with Crippen molar-refractivity contribution in [2.75, 3.05) is 19.6 Å². The molecular weight excluding hydrogens is 274 g/mol. The Morgan fingerprint density at radius 2 is 2.24 bits per heavy atom. The Labute approximate surface area is 121 Å². The van der Waals surface area contributed by atoms with E-state index in [2.05, 4.69) is 15.5 Å². The van der Waals surface area contributed by atoms with Gasteiger partial charge in [0.05, 0.1) is 18.3 Å². The quantitative estimate of drug-likeness (QED) is 0.767. The van der Waals surface area contributed by atoms with Gasteiger partial charge in [-0.2, -0.15) is 5.10 Å². The summed E-state index contributed by atoms with van der Waals surface area (Å²) in [5, 5.41) is 9.24. The highest BCUT2D eigenvalue weighted by Gasteiger charge is 2.34. The molecular formula is C13H17N5O3. The van der Waals surface area contributed by atoms with E-state index in [4.69, 9.17) is 0 Å². The van der Waals surface area contributed by atoms with E-state index in [9.17, 15) is 14.4 Å². The van der Waals surface area contributed by atoms with E-state index in [1.54, 1.807) is 11.1 Å². The van der Waals surface area contributed by atoms with E-state index in [-0.39, 0.29) is 30.9 Å². The first kappa shape index (κ1) is 13.6. The first-order valence-corrected chi connectivity index (χ1v) is 7.04. The fourth-order valence-corrected chi connectivity index (χ4v) is 2.85. The molecule has 112 valence electrons. The summed E-state index contributed by atoms with van der Waals surface area (Å²) in [6.07, 6.45) is 4.48. The number of likely N-dealkylation sites (tertiary alicyclic amines) is 1. The molecule has 8 nitrogen and oxygen atoms in total. The van der Waals surface area contributed by atoms with Crippen LogP contribution in [0.5, 0.6) is 0 Å². The van der Waals surface area contributed by atoms with Gasteiger partial charge in [0.1, 0.15) is 6.54 Å². The van der Waals surface area contributed by atoms with E-state index in [0.717, 1.165) is 29.9 Å². The van der Waals surface area contributed by atoms with Crippen LogP contribution in [0.15, 0.2) is 12.3 Å². The number of imide groups is 1. The Balaban J connectivity index is 1.72. The molecule has 3 heterocycles. The van der Waals surface area contributed by atoms with Crippen LogP contribution in [0.3, 0.4) is 0 Å². The number of hydrogen-bond acceptors (Lipinski definition) is 4. The molecule has 0 bridgehead atoms. The van der Waals surface area contributed by atoms with Gasteiger partial charge in [0.25, 0.3) is 5.91 Å². The van der Waals surface area contributed by atoms with Crippen molar-refractivity contribution >= 4 is 17.8 Å². The van der Waals surface area contributed by atoms with Crippen LogP contribution >= 0.6 is 0 Å². The number of H-pyrrole nitrogens is 1. The molecule has 2 saturated heterocycles. The summed E-state index contributed by atoms with van der Waals surface area (Å²) in [5.41, 5.74) is 0.889. The van der Waals surface area contributed by atoms with Crippen LogP contribution in [0.1, 0.15) is 31.0 Å². The van der Waals surface area contributed by atoms with E-state index in [1.807, 2.05) is 6.07 Å². The number of aromatic amines is 1. The molecule has 8 heteroatoms. The average molecular weight is 291 g/mol. The molecule has 1 aromatic heterocycles. The second-order valence-corrected chi connectivity index (χ2v) is 5.25. The number of amides is 4. The average Bonchev–Trinajstić information content (AvgIpc) is 3.13. The Bertz CT molecular complexity index is 540. The Hall–Kier alpha value is -2.38. The zero-order chi connectivity index (χ0) is 14.8. The second kappa shape index (κ2) is 5.55. The first-order chi connectivity index (χ1) is 10.2. The van der Waals surface area contributed by atoms with E-state index >= 15 is 0 Å². The Kier molecular flexibility index (Phi) is 3.59. The maximum atomic E-state index is 12.5. The number of aromatic nitrogens is 2. The number of piperidine rings is 1. The maximum absolute atomic E-state index is 12.5. The number of hydrogen-bond donors (Lipinski definition) is 2. The molecule has 1 aromatic rings. The van der Waals surface area contributed by atoms with Gasteiger partial charge in [-0.25, -0.2) is 4.79 Å². The topological polar surface area (TPSA) is 98.4 Å². The van der Waals surface area contributed by atoms with E-state index in [0.29, 0.717) is 6.54 Å². The second-order valence-electron chi connectivity index (χ2n) is 5.25. The van der Waals surface area contributed by atoms with Crippen LogP contribution in [0.25, 0.3) is 0 Å². The lowest BCUT2D eigenvalue weighted by Gasteiger charge is -2.35. The van der Waals surface area contributed by atoms with Crippen molar-refractivity contribution in [2.45, 2.75) is 25.3 Å². The van der Waals surface area contributed by atoms with E-state index in [1.165, 1.54) is 0 Å². The van der Waals surface area contributed by atoms with Crippen molar-refractivity contribution in [3.63, 3.8) is 0 Å². The summed E-state index contributed by atoms with van der Waals surface area (Å²) in [4.78, 5) is 38.3. The van der Waals surface area contributed by atoms with E-state index < -0.39 is 6.03 Å². The van der Waals surface area contributed by atoms with Crippen molar-refractivity contribution < 1.29 is 14.4 Å². The monoisotopic (exact) mass is 291 g/mol. The van der Waals surface area contributed by atoms with Gasteiger partial charge in [-0.1, -0.05) is 0 Å². The predicted octanol–water partition coefficient (Wildman–Crippen LogP) is 0.0151. The van der Waals surface area contributed by atoms with Crippen molar-refractivity contribution in [3.05, 3.63) is 18.0 Å². The van der Waals surface area contributed by atoms with Crippen LogP contribution in [-0.4, -0.2) is 57.5 Å². The van der Waals surface area contributed by atoms with Crippen LogP contribution < -0.4 is 5.32 Å². The minimum absolute atomic E-state index is 0.0317. The van der Waals surface area contributed by atoms with Gasteiger partial charge in [-0.05, 0) is 25.3 Å². The standard InChI is InChI=1S/C13H17N5O3/c19-11-7-14-13(21)18(11)8-12(20)17-6-2-1-3-10(17)9-4-5-15-16-9/h4-5,10H,1-3,6-8H2,(H,14,21)(H,15,16). The van der Waals surface area contributed by atoms with Crippen LogP contribution in [-0.2, 0) is 9.59 Å². The van der Waals surface area contributed by atoms with Gasteiger partial charge in [0, 0.05) is 12.7 Å². The van der Waals surface area contributed by atoms with Gasteiger partial charge in [0.15, 0.2) is 0 Å². The highest BCUT2D eigenvalue weighted by Crippen LogP contribution is 2.29. The molecule has 2 fully saturated rings. The van der Waals surface area contributed by atoms with Crippen LogP contribution in [0.2, 0.25) is 0 Å². The van der Waals surface area contributed by atoms with Crippen molar-refractivity contribution in [1.82, 2.24) is 25.3 Å². The zero-order valence-electron chi connectivity index (χ0n) is 11.5. The van der Waals surface area contributed by atoms with Gasteiger partial charge >= 0.3 is 6.03 Å². The zero-order valence-corrected chi connectivity index (χ0v) is 11.5. The predicted molar refractivity (Wildman–Crippen MR) is 72.0 cm³/mol. The molecule has 0 aliphatic carbocycles. The maximum Gasteiger partial charge on any atom is 0.325 e. The number of urea groups is 1. The third kappa shape index (κ3) is 2.61. The fourth-order valence-electron chi connectivity index (χ4n) is 2.85. The minimum atomic E-state index is -0.497. The molecule has 0 spiro atoms. The summed E-state index contributed by atoms with van der Waals surface area (Å²) >= 11 is 0. The molecule has 3 rings (SSSR count). The van der Waals surface area contributed by atoms with Gasteiger partial charge in [-0.15, -0.1) is 0 Å². The summed E-state index contributed by atoms with van der Waals surface area (Å²) in [5.74, 6) is -0.567. The number of nitrogens with one attached hydrogen (secondary N) is 2. The molecule has 1 unspecified atom stereocenters. The van der Waals surface area contributed by atoms with Crippen LogP contribution in [0, 0.1) is 0 Å². The molecule has 1 atom stereocenters. The third-order valence-electron chi connectivity index (χ3n) is 3.93. The normalized spacial score (nSPS) is 22.6. The lowest BCUT2D eigenvalue weighted by molar-refractivity contribution is -0.139. The minimum Gasteiger partial charge on any atom is -0.333 e. The SMILES string of the molecule is O=C1CNC(=O)N1CC(=O)N1CCCCC1c1ccn[nH]1. The molecule has 2 aliphatic heterocycles. The first-order valence-electron chi connectivity index (χ1n) is 7.04. The van der Waals surface area contributed by atoms with Crippen molar-refractivity contribution in [2.24, 2.45) is 0 Å². The van der Waals surface area contributed by atoms with Gasteiger partial charge in [-0.3, -0.25) is 19.6 Å². The van der Waals surface area contributed by atoms with Gasteiger partial charge < -0.3 is 10.2 Å². The number of rotatable bonds is 3. The largest absolute Gasteiger partial charge is 0.333 e. The molecule has 21 heavy (non-hydrogen) atoms. The summed E-state index contributed by atoms with van der Waals surface area (Å²) < 4.78 is 0. The molecule has 4 amide bonds. The number of nitrogens with zero attached hydrogens (tertiary/aromatic N) is 3. The Morgan fingerprint density at radius 3 is 2.90 bits per heavy atom. The molecule has 2 N–H and O–H groups in total. The Morgan fingerprint density at radius 1 is 1.38 bits per heavy atom. The lowest BCUT2D eigenvalue weighted by Crippen LogP contribution is -2.46. The highest BCUT2D eigenvalue weighted by molar-refractivity contribution is 6.04. The fraction of sp³-hybridized carbons (Fsp3) is 0.538. The molecule has 2 aliphatic rings. The molecule has 0 aromatic carbocycles. The lowest BCUT2D eigenvalue weighted by atomic mass is 9.99. The number of carbonyl (C=O) groups is 3. The smallest absolute Gasteiger partial charge is 0.325 e. The summed E-state index contributed by atoms with van der Waals surface area (Å²) in [7, 11) is 0. The third-order valence-corrected chi connectivity index (χ3v) is 3.93. The van der Waals surface area contributed by atoms with Crippen LogP contribution in [0.4, 0.5) is 4.79 Å². The molecule has 0 saturated carbocycles.